The van der Waals surface area contributed by atoms with Crippen LogP contribution in [0.25, 0.3) is 0 Å². The van der Waals surface area contributed by atoms with Gasteiger partial charge < -0.3 is 14.8 Å². The van der Waals surface area contributed by atoms with Gasteiger partial charge >= 0.3 is 0 Å². The standard InChI is InChI=1S/C15H21NO2S/c1-16-13-8-15(10-5-6-19-9-10)18-14-4-3-11(17-2)7-12(13)14/h3-4,7,10,13,15-16H,5-6,8-9H2,1-2H3. The molecule has 0 bridgehead atoms. The van der Waals surface area contributed by atoms with Gasteiger partial charge in [-0.2, -0.15) is 11.8 Å². The molecule has 1 saturated heterocycles. The molecule has 0 spiro atoms. The minimum absolute atomic E-state index is 0.355. The zero-order chi connectivity index (χ0) is 13.2. The largest absolute Gasteiger partial charge is 0.497 e. The highest BCUT2D eigenvalue weighted by atomic mass is 32.2. The summed E-state index contributed by atoms with van der Waals surface area (Å²) in [5.74, 6) is 5.15. The molecule has 3 unspecified atom stereocenters. The predicted molar refractivity (Wildman–Crippen MR) is 79.3 cm³/mol. The Hall–Kier alpha value is -0.870. The van der Waals surface area contributed by atoms with Crippen molar-refractivity contribution in [2.24, 2.45) is 5.92 Å². The summed E-state index contributed by atoms with van der Waals surface area (Å²) in [7, 11) is 3.73. The first-order valence-corrected chi connectivity index (χ1v) is 8.07. The third kappa shape index (κ3) is 2.56. The Bertz CT molecular complexity index is 446. The molecular weight excluding hydrogens is 258 g/mol. The van der Waals surface area contributed by atoms with E-state index in [0.717, 1.165) is 17.9 Å². The van der Waals surface area contributed by atoms with Crippen LogP contribution in [0.3, 0.4) is 0 Å². The highest BCUT2D eigenvalue weighted by Crippen LogP contribution is 2.41. The van der Waals surface area contributed by atoms with Gasteiger partial charge in [-0.05, 0) is 43.2 Å². The van der Waals surface area contributed by atoms with Crippen LogP contribution in [0.5, 0.6) is 11.5 Å². The highest BCUT2D eigenvalue weighted by molar-refractivity contribution is 7.99. The summed E-state index contributed by atoms with van der Waals surface area (Å²) in [5, 5.41) is 3.42. The van der Waals surface area contributed by atoms with E-state index in [9.17, 15) is 0 Å². The van der Waals surface area contributed by atoms with Crippen molar-refractivity contribution in [3.05, 3.63) is 23.8 Å². The van der Waals surface area contributed by atoms with Crippen molar-refractivity contribution in [3.63, 3.8) is 0 Å². The number of rotatable bonds is 3. The second kappa shape index (κ2) is 5.63. The smallest absolute Gasteiger partial charge is 0.124 e. The molecule has 0 aromatic heterocycles. The molecule has 3 atom stereocenters. The van der Waals surface area contributed by atoms with Crippen molar-refractivity contribution in [1.82, 2.24) is 5.32 Å². The van der Waals surface area contributed by atoms with E-state index in [1.807, 2.05) is 19.2 Å². The summed E-state index contributed by atoms with van der Waals surface area (Å²) >= 11 is 2.05. The van der Waals surface area contributed by atoms with Crippen LogP contribution in [0.15, 0.2) is 18.2 Å². The molecule has 1 N–H and O–H groups in total. The van der Waals surface area contributed by atoms with Crippen molar-refractivity contribution in [2.45, 2.75) is 25.0 Å². The van der Waals surface area contributed by atoms with Crippen molar-refractivity contribution in [1.29, 1.82) is 0 Å². The third-order valence-corrected chi connectivity index (χ3v) is 5.37. The molecule has 3 nitrogen and oxygen atoms in total. The summed E-state index contributed by atoms with van der Waals surface area (Å²) in [6.07, 6.45) is 2.70. The molecule has 2 aliphatic rings. The lowest BCUT2D eigenvalue weighted by molar-refractivity contribution is 0.104. The van der Waals surface area contributed by atoms with Gasteiger partial charge in [-0.15, -0.1) is 0 Å². The molecule has 1 aromatic carbocycles. The molecule has 2 heterocycles. The van der Waals surface area contributed by atoms with E-state index < -0.39 is 0 Å². The molecule has 1 fully saturated rings. The SMILES string of the molecule is CNC1CC(C2CCSC2)Oc2ccc(OC)cc21. The van der Waals surface area contributed by atoms with Crippen LogP contribution in [-0.4, -0.2) is 31.8 Å². The van der Waals surface area contributed by atoms with E-state index in [2.05, 4.69) is 23.1 Å². The molecule has 0 aliphatic carbocycles. The van der Waals surface area contributed by atoms with E-state index in [1.165, 1.54) is 23.5 Å². The van der Waals surface area contributed by atoms with E-state index in [4.69, 9.17) is 9.47 Å². The number of benzene rings is 1. The van der Waals surface area contributed by atoms with Gasteiger partial charge in [-0.25, -0.2) is 0 Å². The lowest BCUT2D eigenvalue weighted by atomic mass is 9.89. The van der Waals surface area contributed by atoms with Crippen LogP contribution in [-0.2, 0) is 0 Å². The number of fused-ring (bicyclic) bond motifs is 1. The fraction of sp³-hybridized carbons (Fsp3) is 0.600. The Morgan fingerprint density at radius 3 is 3.00 bits per heavy atom. The summed E-state index contributed by atoms with van der Waals surface area (Å²) in [5.41, 5.74) is 1.23. The number of ether oxygens (including phenoxy) is 2. The molecule has 19 heavy (non-hydrogen) atoms. The molecule has 3 rings (SSSR count). The lowest BCUT2D eigenvalue weighted by Crippen LogP contribution is -2.36. The molecule has 1 aromatic rings. The maximum Gasteiger partial charge on any atom is 0.124 e. The maximum atomic E-state index is 6.24. The van der Waals surface area contributed by atoms with Crippen LogP contribution in [0.2, 0.25) is 0 Å². The number of hydrogen-bond donors (Lipinski definition) is 1. The molecule has 104 valence electrons. The maximum absolute atomic E-state index is 6.24. The average molecular weight is 279 g/mol. The van der Waals surface area contributed by atoms with Crippen LogP contribution in [0.4, 0.5) is 0 Å². The average Bonchev–Trinajstić information content (AvgIpc) is 2.99. The Morgan fingerprint density at radius 2 is 2.32 bits per heavy atom. The van der Waals surface area contributed by atoms with Crippen molar-refractivity contribution < 1.29 is 9.47 Å². The van der Waals surface area contributed by atoms with Crippen molar-refractivity contribution >= 4 is 11.8 Å². The van der Waals surface area contributed by atoms with E-state index in [0.29, 0.717) is 18.1 Å². The van der Waals surface area contributed by atoms with Gasteiger partial charge in [0.25, 0.3) is 0 Å². The monoisotopic (exact) mass is 279 g/mol. The van der Waals surface area contributed by atoms with Gasteiger partial charge in [0.1, 0.15) is 17.6 Å². The Morgan fingerprint density at radius 1 is 1.42 bits per heavy atom. The van der Waals surface area contributed by atoms with Gasteiger partial charge in [-0.3, -0.25) is 0 Å². The first kappa shape index (κ1) is 13.1. The Kier molecular flexibility index (Phi) is 3.89. The van der Waals surface area contributed by atoms with Crippen LogP contribution >= 0.6 is 11.8 Å². The van der Waals surface area contributed by atoms with E-state index in [-0.39, 0.29) is 0 Å². The summed E-state index contributed by atoms with van der Waals surface area (Å²) in [6.45, 7) is 0. The second-order valence-corrected chi connectivity index (χ2v) is 6.41. The number of methoxy groups -OCH3 is 1. The fourth-order valence-corrected chi connectivity index (χ4v) is 4.33. The molecular formula is C15H21NO2S. The minimum Gasteiger partial charge on any atom is -0.497 e. The summed E-state index contributed by atoms with van der Waals surface area (Å²) in [4.78, 5) is 0. The molecule has 4 heteroatoms. The predicted octanol–water partition coefficient (Wildman–Crippen LogP) is 2.86. The molecule has 2 aliphatic heterocycles. The molecule has 0 amide bonds. The van der Waals surface area contributed by atoms with Crippen molar-refractivity contribution in [2.75, 3.05) is 25.7 Å². The normalized spacial score (nSPS) is 29.7. The van der Waals surface area contributed by atoms with Crippen molar-refractivity contribution in [3.8, 4) is 11.5 Å². The van der Waals surface area contributed by atoms with Crippen LogP contribution < -0.4 is 14.8 Å². The number of thioether (sulfide) groups is 1. The molecule has 0 radical (unpaired) electrons. The first-order chi connectivity index (χ1) is 9.31. The minimum atomic E-state index is 0.355. The number of nitrogens with one attached hydrogen (secondary N) is 1. The lowest BCUT2D eigenvalue weighted by Gasteiger charge is -2.35. The third-order valence-electron chi connectivity index (χ3n) is 4.18. The van der Waals surface area contributed by atoms with E-state index >= 15 is 0 Å². The first-order valence-electron chi connectivity index (χ1n) is 6.91. The summed E-state index contributed by atoms with van der Waals surface area (Å²) in [6, 6.07) is 6.50. The van der Waals surface area contributed by atoms with Gasteiger partial charge in [0.05, 0.1) is 7.11 Å². The Labute approximate surface area is 119 Å². The van der Waals surface area contributed by atoms with Gasteiger partial charge in [0.2, 0.25) is 0 Å². The zero-order valence-electron chi connectivity index (χ0n) is 11.5. The van der Waals surface area contributed by atoms with Crippen LogP contribution in [0.1, 0.15) is 24.4 Å². The number of hydrogen-bond acceptors (Lipinski definition) is 4. The highest BCUT2D eigenvalue weighted by Gasteiger charge is 2.34. The van der Waals surface area contributed by atoms with Gasteiger partial charge in [0, 0.05) is 23.9 Å². The zero-order valence-corrected chi connectivity index (χ0v) is 12.3. The topological polar surface area (TPSA) is 30.5 Å². The fourth-order valence-electron chi connectivity index (χ4n) is 3.01. The Balaban J connectivity index is 1.86. The van der Waals surface area contributed by atoms with Gasteiger partial charge in [0.15, 0.2) is 0 Å². The quantitative estimate of drug-likeness (QED) is 0.921. The second-order valence-electron chi connectivity index (χ2n) is 5.26. The summed E-state index contributed by atoms with van der Waals surface area (Å²) < 4.78 is 11.6. The van der Waals surface area contributed by atoms with Crippen LogP contribution in [0, 0.1) is 5.92 Å². The van der Waals surface area contributed by atoms with E-state index in [1.54, 1.807) is 7.11 Å². The van der Waals surface area contributed by atoms with Gasteiger partial charge in [-0.1, -0.05) is 0 Å². The molecule has 0 saturated carbocycles.